The second kappa shape index (κ2) is 5.24. The molecule has 0 saturated carbocycles. The Bertz CT molecular complexity index is 489. The number of nitrogen functional groups attached to an aromatic ring is 1. The van der Waals surface area contributed by atoms with Crippen molar-refractivity contribution in [3.63, 3.8) is 0 Å². The van der Waals surface area contributed by atoms with E-state index in [-0.39, 0.29) is 0 Å². The van der Waals surface area contributed by atoms with Gasteiger partial charge in [0.1, 0.15) is 17.1 Å². The minimum Gasteiger partial charge on any atom is -0.481 e. The summed E-state index contributed by atoms with van der Waals surface area (Å²) in [5.74, 6) is -3.71. The largest absolute Gasteiger partial charge is 0.573 e. The van der Waals surface area contributed by atoms with Gasteiger partial charge in [-0.3, -0.25) is 4.79 Å². The molecule has 0 amide bonds. The van der Waals surface area contributed by atoms with Gasteiger partial charge in [0.25, 0.3) is 6.43 Å². The molecule has 0 aliphatic carbocycles. The summed E-state index contributed by atoms with van der Waals surface area (Å²) in [4.78, 5) is 13.7. The molecule has 0 aliphatic rings. The van der Waals surface area contributed by atoms with Crippen LogP contribution in [0.1, 0.15) is 17.6 Å². The Morgan fingerprint density at radius 1 is 1.47 bits per heavy atom. The van der Waals surface area contributed by atoms with E-state index in [2.05, 4.69) is 9.72 Å². The number of alkyl halides is 5. The molecule has 10 heteroatoms. The van der Waals surface area contributed by atoms with Crippen LogP contribution in [0.4, 0.5) is 27.8 Å². The normalized spacial score (nSPS) is 11.7. The maximum atomic E-state index is 12.7. The van der Waals surface area contributed by atoms with Gasteiger partial charge in [0, 0.05) is 11.8 Å². The lowest BCUT2D eigenvalue weighted by atomic mass is 10.1. The summed E-state index contributed by atoms with van der Waals surface area (Å²) in [5, 5.41) is 8.51. The van der Waals surface area contributed by atoms with Crippen LogP contribution in [0.25, 0.3) is 0 Å². The highest BCUT2D eigenvalue weighted by Crippen LogP contribution is 2.38. The number of nitrogens with two attached hydrogens (primary N) is 1. The van der Waals surface area contributed by atoms with Gasteiger partial charge in [0.05, 0.1) is 6.42 Å². The van der Waals surface area contributed by atoms with Crippen LogP contribution in [-0.2, 0) is 11.2 Å². The maximum Gasteiger partial charge on any atom is 0.573 e. The molecule has 0 fully saturated rings. The van der Waals surface area contributed by atoms with Gasteiger partial charge < -0.3 is 15.6 Å². The van der Waals surface area contributed by atoms with Crippen molar-refractivity contribution >= 4 is 11.8 Å². The molecule has 106 valence electrons. The Morgan fingerprint density at radius 2 is 2.05 bits per heavy atom. The van der Waals surface area contributed by atoms with E-state index in [0.29, 0.717) is 6.20 Å². The van der Waals surface area contributed by atoms with Crippen molar-refractivity contribution in [1.82, 2.24) is 4.98 Å². The molecule has 0 spiro atoms. The Morgan fingerprint density at radius 3 is 2.47 bits per heavy atom. The summed E-state index contributed by atoms with van der Waals surface area (Å²) in [6.07, 6.45) is -8.96. The fourth-order valence-electron chi connectivity index (χ4n) is 1.30. The molecule has 0 saturated heterocycles. The molecule has 5 nitrogen and oxygen atoms in total. The first-order valence-corrected chi connectivity index (χ1v) is 4.64. The number of pyridine rings is 1. The summed E-state index contributed by atoms with van der Waals surface area (Å²) >= 11 is 0. The molecule has 0 aromatic carbocycles. The van der Waals surface area contributed by atoms with Crippen molar-refractivity contribution in [2.75, 3.05) is 5.73 Å². The first-order valence-electron chi connectivity index (χ1n) is 4.64. The Balaban J connectivity index is 3.39. The number of hydrogen-bond donors (Lipinski definition) is 2. The maximum absolute atomic E-state index is 12.7. The second-order valence-corrected chi connectivity index (χ2v) is 3.33. The molecule has 0 radical (unpaired) electrons. The van der Waals surface area contributed by atoms with Gasteiger partial charge in [-0.2, -0.15) is 0 Å². The number of anilines is 1. The average molecular weight is 286 g/mol. The van der Waals surface area contributed by atoms with Crippen molar-refractivity contribution in [3.8, 4) is 5.75 Å². The van der Waals surface area contributed by atoms with E-state index in [1.54, 1.807) is 0 Å². The van der Waals surface area contributed by atoms with Gasteiger partial charge in [-0.05, 0) is 0 Å². The summed E-state index contributed by atoms with van der Waals surface area (Å²) in [6.45, 7) is 0. The van der Waals surface area contributed by atoms with E-state index < -0.39 is 47.9 Å². The fraction of sp³-hybridized carbons (Fsp3) is 0.333. The van der Waals surface area contributed by atoms with Crippen LogP contribution in [0.3, 0.4) is 0 Å². The number of halogens is 5. The lowest BCUT2D eigenvalue weighted by Gasteiger charge is -2.17. The van der Waals surface area contributed by atoms with E-state index in [9.17, 15) is 26.7 Å². The highest BCUT2D eigenvalue weighted by atomic mass is 19.4. The van der Waals surface area contributed by atoms with E-state index in [1.165, 1.54) is 0 Å². The lowest BCUT2D eigenvalue weighted by Crippen LogP contribution is -2.21. The highest BCUT2D eigenvalue weighted by molar-refractivity contribution is 5.72. The topological polar surface area (TPSA) is 85.4 Å². The molecule has 3 N–H and O–H groups in total. The first-order chi connectivity index (χ1) is 8.61. The monoisotopic (exact) mass is 286 g/mol. The highest BCUT2D eigenvalue weighted by Gasteiger charge is 2.36. The zero-order valence-electron chi connectivity index (χ0n) is 9.04. The molecule has 0 bridgehead atoms. The Kier molecular flexibility index (Phi) is 4.12. The molecule has 0 unspecified atom stereocenters. The van der Waals surface area contributed by atoms with Gasteiger partial charge in [-0.15, -0.1) is 13.2 Å². The number of aliphatic carboxylic acids is 1. The number of aromatic nitrogens is 1. The summed E-state index contributed by atoms with van der Waals surface area (Å²) in [6, 6.07) is 0. The van der Waals surface area contributed by atoms with Gasteiger partial charge in [0.2, 0.25) is 0 Å². The predicted octanol–water partition coefficient (Wildman–Crippen LogP) is 2.13. The zero-order valence-corrected chi connectivity index (χ0v) is 9.04. The predicted molar refractivity (Wildman–Crippen MR) is 51.6 cm³/mol. The minimum atomic E-state index is -5.26. The molecule has 0 atom stereocenters. The van der Waals surface area contributed by atoms with Crippen LogP contribution in [0.5, 0.6) is 5.75 Å². The second-order valence-electron chi connectivity index (χ2n) is 3.33. The average Bonchev–Trinajstić information content (AvgIpc) is 2.18. The van der Waals surface area contributed by atoms with Crippen molar-refractivity contribution in [1.29, 1.82) is 0 Å². The SMILES string of the molecule is Nc1ncc(CC(=O)O)c(OC(F)(F)F)c1C(F)F. The van der Waals surface area contributed by atoms with Gasteiger partial charge in [-0.1, -0.05) is 0 Å². The van der Waals surface area contributed by atoms with Crippen LogP contribution in [0, 0.1) is 0 Å². The molecular weight excluding hydrogens is 279 g/mol. The number of hydrogen-bond acceptors (Lipinski definition) is 4. The van der Waals surface area contributed by atoms with Crippen LogP contribution in [-0.4, -0.2) is 22.4 Å². The molecule has 1 aromatic rings. The van der Waals surface area contributed by atoms with Crippen LogP contribution < -0.4 is 10.5 Å². The van der Waals surface area contributed by atoms with Gasteiger partial charge >= 0.3 is 12.3 Å². The molecule has 1 heterocycles. The summed E-state index contributed by atoms with van der Waals surface area (Å²) in [7, 11) is 0. The molecule has 1 aromatic heterocycles. The number of rotatable bonds is 4. The van der Waals surface area contributed by atoms with Gasteiger partial charge in [0.15, 0.2) is 0 Å². The number of carboxylic acid groups (broad SMARTS) is 1. The summed E-state index contributed by atoms with van der Waals surface area (Å²) in [5.41, 5.74) is 3.13. The molecule has 19 heavy (non-hydrogen) atoms. The van der Waals surface area contributed by atoms with Crippen LogP contribution >= 0.6 is 0 Å². The Hall–Kier alpha value is -2.13. The van der Waals surface area contributed by atoms with Crippen molar-refractivity contribution in [3.05, 3.63) is 17.3 Å². The van der Waals surface area contributed by atoms with E-state index in [0.717, 1.165) is 0 Å². The fourth-order valence-corrected chi connectivity index (χ4v) is 1.30. The summed E-state index contributed by atoms with van der Waals surface area (Å²) < 4.78 is 65.3. The number of carboxylic acids is 1. The van der Waals surface area contributed by atoms with Crippen molar-refractivity contribution in [2.24, 2.45) is 0 Å². The number of carbonyl (C=O) groups is 1. The van der Waals surface area contributed by atoms with E-state index >= 15 is 0 Å². The van der Waals surface area contributed by atoms with E-state index in [4.69, 9.17) is 10.8 Å². The smallest absolute Gasteiger partial charge is 0.481 e. The zero-order chi connectivity index (χ0) is 14.8. The third-order valence-electron chi connectivity index (χ3n) is 1.95. The number of nitrogens with zero attached hydrogens (tertiary/aromatic N) is 1. The Labute approximate surface area is 102 Å². The lowest BCUT2D eigenvalue weighted by molar-refractivity contribution is -0.275. The van der Waals surface area contributed by atoms with Crippen molar-refractivity contribution < 1.29 is 36.6 Å². The molecular formula is C9H7F5N2O3. The van der Waals surface area contributed by atoms with Crippen LogP contribution in [0.2, 0.25) is 0 Å². The third kappa shape index (κ3) is 3.93. The first kappa shape index (κ1) is 14.9. The quantitative estimate of drug-likeness (QED) is 0.828. The number of ether oxygens (including phenoxy) is 1. The molecule has 1 rings (SSSR count). The third-order valence-corrected chi connectivity index (χ3v) is 1.95. The standard InChI is InChI=1S/C9H7F5N2O3/c10-7(11)5-6(19-9(12,13)14)3(1-4(17)18)2-16-8(5)15/h2,7H,1H2,(H2,15,16)(H,17,18). The minimum absolute atomic E-state index is 0.644. The van der Waals surface area contributed by atoms with Crippen LogP contribution in [0.15, 0.2) is 6.20 Å². The van der Waals surface area contributed by atoms with Gasteiger partial charge in [-0.25, -0.2) is 13.8 Å². The van der Waals surface area contributed by atoms with E-state index in [1.807, 2.05) is 0 Å². The molecule has 0 aliphatic heterocycles. The van der Waals surface area contributed by atoms with Crippen molar-refractivity contribution in [2.45, 2.75) is 19.2 Å².